The molecule has 4 heteroatoms. The van der Waals surface area contributed by atoms with Crippen LogP contribution in [0, 0.1) is 5.92 Å². The lowest BCUT2D eigenvalue weighted by Gasteiger charge is -2.18. The van der Waals surface area contributed by atoms with Gasteiger partial charge in [-0.3, -0.25) is 0 Å². The molecule has 0 saturated carbocycles. The first kappa shape index (κ1) is 14.5. The molecule has 0 bridgehead atoms. The molecule has 1 aromatic heterocycles. The van der Waals surface area contributed by atoms with Crippen molar-refractivity contribution in [2.45, 2.75) is 40.7 Å². The van der Waals surface area contributed by atoms with Crippen LogP contribution in [0.1, 0.15) is 39.8 Å². The Morgan fingerprint density at radius 2 is 2.18 bits per heavy atom. The zero-order valence-electron chi connectivity index (χ0n) is 11.5. The summed E-state index contributed by atoms with van der Waals surface area (Å²) in [5, 5.41) is 6.76. The van der Waals surface area contributed by atoms with Gasteiger partial charge < -0.3 is 10.2 Å². The van der Waals surface area contributed by atoms with Crippen LogP contribution in [0.3, 0.4) is 0 Å². The van der Waals surface area contributed by atoms with Gasteiger partial charge in [-0.05, 0) is 25.8 Å². The molecule has 1 heterocycles. The van der Waals surface area contributed by atoms with Gasteiger partial charge in [0.25, 0.3) is 0 Å². The molecule has 0 radical (unpaired) electrons. The summed E-state index contributed by atoms with van der Waals surface area (Å²) in [7, 11) is 0. The lowest BCUT2D eigenvalue weighted by atomic mass is 10.2. The van der Waals surface area contributed by atoms with Crippen molar-refractivity contribution >= 4 is 16.5 Å². The average molecular weight is 255 g/mol. The Morgan fingerprint density at radius 1 is 1.41 bits per heavy atom. The summed E-state index contributed by atoms with van der Waals surface area (Å²) in [6.45, 7) is 12.9. The second-order valence-corrected chi connectivity index (χ2v) is 5.56. The minimum absolute atomic E-state index is 0.695. The fourth-order valence-corrected chi connectivity index (χ4v) is 2.59. The summed E-state index contributed by atoms with van der Waals surface area (Å²) >= 11 is 1.76. The van der Waals surface area contributed by atoms with Gasteiger partial charge in [-0.1, -0.05) is 20.8 Å². The number of aromatic nitrogens is 1. The summed E-state index contributed by atoms with van der Waals surface area (Å²) in [6.07, 6.45) is 1.17. The predicted molar refractivity (Wildman–Crippen MR) is 76.8 cm³/mol. The van der Waals surface area contributed by atoms with Crippen LogP contribution in [0.5, 0.6) is 0 Å². The molecule has 0 aliphatic heterocycles. The summed E-state index contributed by atoms with van der Waals surface area (Å²) in [5.74, 6) is 0.695. The highest BCUT2D eigenvalue weighted by atomic mass is 32.1. The highest BCUT2D eigenvalue weighted by molar-refractivity contribution is 7.13. The normalized spacial score (nSPS) is 11.1. The molecule has 0 aromatic carbocycles. The summed E-state index contributed by atoms with van der Waals surface area (Å²) in [4.78, 5) is 7.02. The maximum Gasteiger partial charge on any atom is 0.185 e. The second-order valence-electron chi connectivity index (χ2n) is 4.73. The van der Waals surface area contributed by atoms with Gasteiger partial charge in [0.1, 0.15) is 0 Å². The maximum absolute atomic E-state index is 4.68. The van der Waals surface area contributed by atoms with Crippen LogP contribution >= 0.6 is 11.3 Å². The minimum Gasteiger partial charge on any atom is -0.348 e. The summed E-state index contributed by atoms with van der Waals surface area (Å²) < 4.78 is 0. The molecule has 0 aliphatic rings. The molecule has 0 unspecified atom stereocenters. The van der Waals surface area contributed by atoms with Crippen LogP contribution < -0.4 is 10.2 Å². The van der Waals surface area contributed by atoms with E-state index in [1.165, 1.54) is 12.1 Å². The molecular formula is C13H25N3S. The van der Waals surface area contributed by atoms with Crippen molar-refractivity contribution in [1.82, 2.24) is 10.3 Å². The van der Waals surface area contributed by atoms with E-state index in [-0.39, 0.29) is 0 Å². The third-order valence-electron chi connectivity index (χ3n) is 2.54. The van der Waals surface area contributed by atoms with Gasteiger partial charge in [0.2, 0.25) is 0 Å². The largest absolute Gasteiger partial charge is 0.348 e. The molecule has 0 spiro atoms. The Kier molecular flexibility index (Phi) is 6.52. The molecule has 0 saturated heterocycles. The van der Waals surface area contributed by atoms with Crippen molar-refractivity contribution in [2.75, 3.05) is 24.5 Å². The maximum atomic E-state index is 4.68. The summed E-state index contributed by atoms with van der Waals surface area (Å²) in [5.41, 5.74) is 1.17. The molecule has 0 amide bonds. The number of rotatable bonds is 8. The Hall–Kier alpha value is -0.610. The van der Waals surface area contributed by atoms with Gasteiger partial charge in [0.05, 0.1) is 5.69 Å². The topological polar surface area (TPSA) is 28.2 Å². The van der Waals surface area contributed by atoms with Gasteiger partial charge in [-0.2, -0.15) is 0 Å². The van der Waals surface area contributed by atoms with Crippen molar-refractivity contribution < 1.29 is 0 Å². The van der Waals surface area contributed by atoms with Crippen LogP contribution in [-0.2, 0) is 6.54 Å². The number of thiazole rings is 1. The second kappa shape index (κ2) is 7.67. The Morgan fingerprint density at radius 3 is 2.76 bits per heavy atom. The molecule has 3 nitrogen and oxygen atoms in total. The molecule has 0 atom stereocenters. The van der Waals surface area contributed by atoms with Gasteiger partial charge in [0, 0.05) is 25.0 Å². The van der Waals surface area contributed by atoms with E-state index >= 15 is 0 Å². The predicted octanol–water partition coefficient (Wildman–Crippen LogP) is 3.13. The number of hydrogen-bond acceptors (Lipinski definition) is 4. The fraction of sp³-hybridized carbons (Fsp3) is 0.769. The van der Waals surface area contributed by atoms with Crippen LogP contribution in [0.4, 0.5) is 5.13 Å². The third-order valence-corrected chi connectivity index (χ3v) is 3.49. The van der Waals surface area contributed by atoms with Crippen LogP contribution in [0.25, 0.3) is 0 Å². The first-order chi connectivity index (χ1) is 8.17. The van der Waals surface area contributed by atoms with E-state index in [0.717, 1.165) is 31.3 Å². The highest BCUT2D eigenvalue weighted by Crippen LogP contribution is 2.20. The molecule has 1 aromatic rings. The van der Waals surface area contributed by atoms with Gasteiger partial charge in [0.15, 0.2) is 5.13 Å². The zero-order chi connectivity index (χ0) is 12.7. The van der Waals surface area contributed by atoms with E-state index in [4.69, 9.17) is 0 Å². The number of anilines is 1. The van der Waals surface area contributed by atoms with Crippen molar-refractivity contribution in [2.24, 2.45) is 5.92 Å². The van der Waals surface area contributed by atoms with Crippen molar-refractivity contribution in [3.63, 3.8) is 0 Å². The van der Waals surface area contributed by atoms with Gasteiger partial charge in [-0.15, -0.1) is 11.3 Å². The van der Waals surface area contributed by atoms with E-state index in [1.54, 1.807) is 11.3 Å². The van der Waals surface area contributed by atoms with E-state index in [1.807, 2.05) is 0 Å². The number of nitrogens with zero attached hydrogens (tertiary/aromatic N) is 2. The van der Waals surface area contributed by atoms with Crippen molar-refractivity contribution in [3.8, 4) is 0 Å². The molecule has 1 rings (SSSR count). The highest BCUT2D eigenvalue weighted by Gasteiger charge is 2.08. The molecular weight excluding hydrogens is 230 g/mol. The average Bonchev–Trinajstić information content (AvgIpc) is 2.74. The standard InChI is InChI=1S/C13H25N3S/c1-5-7-16(6-2)13-15-12(10-17-13)9-14-8-11(3)4/h10-11,14H,5-9H2,1-4H3. The summed E-state index contributed by atoms with van der Waals surface area (Å²) in [6, 6.07) is 0. The van der Waals surface area contributed by atoms with Gasteiger partial charge in [-0.25, -0.2) is 4.98 Å². The zero-order valence-corrected chi connectivity index (χ0v) is 12.3. The smallest absolute Gasteiger partial charge is 0.185 e. The van der Waals surface area contributed by atoms with Gasteiger partial charge >= 0.3 is 0 Å². The lowest BCUT2D eigenvalue weighted by molar-refractivity contribution is 0.549. The molecule has 0 aliphatic carbocycles. The monoisotopic (exact) mass is 255 g/mol. The van der Waals surface area contributed by atoms with E-state index < -0.39 is 0 Å². The SMILES string of the molecule is CCCN(CC)c1nc(CNCC(C)C)cs1. The number of nitrogens with one attached hydrogen (secondary N) is 1. The van der Waals surface area contributed by atoms with Crippen LogP contribution in [0.2, 0.25) is 0 Å². The number of hydrogen-bond donors (Lipinski definition) is 1. The third kappa shape index (κ3) is 5.04. The Balaban J connectivity index is 2.46. The van der Waals surface area contributed by atoms with Crippen LogP contribution in [-0.4, -0.2) is 24.6 Å². The first-order valence-electron chi connectivity index (χ1n) is 6.57. The molecule has 0 fully saturated rings. The van der Waals surface area contributed by atoms with Crippen molar-refractivity contribution in [3.05, 3.63) is 11.1 Å². The van der Waals surface area contributed by atoms with Crippen molar-refractivity contribution in [1.29, 1.82) is 0 Å². The van der Waals surface area contributed by atoms with E-state index in [2.05, 4.69) is 48.3 Å². The van der Waals surface area contributed by atoms with Crippen LogP contribution in [0.15, 0.2) is 5.38 Å². The van der Waals surface area contributed by atoms with E-state index in [0.29, 0.717) is 5.92 Å². The Bertz CT molecular complexity index is 309. The fourth-order valence-electron chi connectivity index (χ4n) is 1.67. The minimum atomic E-state index is 0.695. The van der Waals surface area contributed by atoms with E-state index in [9.17, 15) is 0 Å². The first-order valence-corrected chi connectivity index (χ1v) is 7.45. The Labute approximate surface area is 109 Å². The molecule has 1 N–H and O–H groups in total. The molecule has 17 heavy (non-hydrogen) atoms. The lowest BCUT2D eigenvalue weighted by Crippen LogP contribution is -2.23. The molecule has 98 valence electrons. The quantitative estimate of drug-likeness (QED) is 0.773.